The molecule has 0 aromatic heterocycles. The molecule has 1 heterocycles. The molecule has 25 heavy (non-hydrogen) atoms. The highest BCUT2D eigenvalue weighted by Crippen LogP contribution is 2.10. The molecular weight excluding hydrogens is 318 g/mol. The molecule has 1 saturated heterocycles. The molecule has 6 nitrogen and oxygen atoms in total. The van der Waals surface area contributed by atoms with Gasteiger partial charge in [0.25, 0.3) is 0 Å². The topological polar surface area (TPSA) is 70.7 Å². The molecule has 0 aliphatic carbocycles. The summed E-state index contributed by atoms with van der Waals surface area (Å²) in [5.41, 5.74) is 2.09. The summed E-state index contributed by atoms with van der Waals surface area (Å²) in [6, 6.07) is 7.65. The van der Waals surface area contributed by atoms with Gasteiger partial charge in [-0.25, -0.2) is 4.79 Å². The number of benzene rings is 1. The van der Waals surface area contributed by atoms with Crippen LogP contribution in [-0.4, -0.2) is 43.6 Å². The van der Waals surface area contributed by atoms with Crippen molar-refractivity contribution in [2.75, 3.05) is 26.7 Å². The van der Waals surface area contributed by atoms with E-state index in [4.69, 9.17) is 4.74 Å². The van der Waals surface area contributed by atoms with E-state index in [0.717, 1.165) is 37.1 Å². The van der Waals surface area contributed by atoms with Crippen molar-refractivity contribution < 1.29 is 14.3 Å². The highest BCUT2D eigenvalue weighted by molar-refractivity contribution is 5.78. The molecule has 1 aromatic carbocycles. The van der Waals surface area contributed by atoms with E-state index in [1.54, 1.807) is 7.11 Å². The molecule has 6 heteroatoms. The second kappa shape index (κ2) is 10.7. The van der Waals surface area contributed by atoms with E-state index in [0.29, 0.717) is 26.1 Å². The predicted molar refractivity (Wildman–Crippen MR) is 97.1 cm³/mol. The van der Waals surface area contributed by atoms with Crippen LogP contribution in [0.3, 0.4) is 0 Å². The zero-order valence-corrected chi connectivity index (χ0v) is 15.1. The number of ether oxygens (including phenoxy) is 1. The maximum Gasteiger partial charge on any atom is 0.315 e. The molecule has 0 bridgehead atoms. The minimum absolute atomic E-state index is 0.134. The van der Waals surface area contributed by atoms with Crippen LogP contribution in [0.5, 0.6) is 0 Å². The van der Waals surface area contributed by atoms with Gasteiger partial charge >= 0.3 is 6.03 Å². The van der Waals surface area contributed by atoms with Crippen LogP contribution >= 0.6 is 0 Å². The first-order chi connectivity index (χ1) is 12.2. The fourth-order valence-corrected chi connectivity index (χ4v) is 3.00. The lowest BCUT2D eigenvalue weighted by atomic mass is 10.1. The van der Waals surface area contributed by atoms with Crippen molar-refractivity contribution in [1.29, 1.82) is 0 Å². The summed E-state index contributed by atoms with van der Waals surface area (Å²) in [6.45, 7) is 3.07. The van der Waals surface area contributed by atoms with Crippen molar-refractivity contribution in [3.63, 3.8) is 0 Å². The lowest BCUT2D eigenvalue weighted by Gasteiger charge is -2.20. The van der Waals surface area contributed by atoms with Gasteiger partial charge in [0.15, 0.2) is 0 Å². The summed E-state index contributed by atoms with van der Waals surface area (Å²) >= 11 is 0. The average Bonchev–Trinajstić information content (AvgIpc) is 2.90. The lowest BCUT2D eigenvalue weighted by Crippen LogP contribution is -2.38. The van der Waals surface area contributed by atoms with Gasteiger partial charge in [-0.05, 0) is 24.0 Å². The number of methoxy groups -OCH3 is 1. The van der Waals surface area contributed by atoms with Crippen molar-refractivity contribution in [2.24, 2.45) is 0 Å². The molecule has 0 spiro atoms. The van der Waals surface area contributed by atoms with Crippen LogP contribution in [0.25, 0.3) is 0 Å². The Morgan fingerprint density at radius 2 is 1.80 bits per heavy atom. The standard InChI is InChI=1S/C19H29N3O3/c1-25-15-17-8-6-7-16(13-17)14-21-19(24)20-10-9-18(23)22-11-4-2-3-5-12-22/h6-8,13H,2-5,9-12,14-15H2,1H3,(H2,20,21,24). The quantitative estimate of drug-likeness (QED) is 0.796. The van der Waals surface area contributed by atoms with Crippen LogP contribution in [0.1, 0.15) is 43.2 Å². The number of nitrogens with one attached hydrogen (secondary N) is 2. The molecule has 1 aliphatic heterocycles. The molecule has 2 N–H and O–H groups in total. The van der Waals surface area contributed by atoms with E-state index in [2.05, 4.69) is 10.6 Å². The Balaban J connectivity index is 1.65. The number of rotatable bonds is 7. The molecule has 1 aromatic rings. The Morgan fingerprint density at radius 1 is 1.08 bits per heavy atom. The van der Waals surface area contributed by atoms with E-state index in [-0.39, 0.29) is 11.9 Å². The van der Waals surface area contributed by atoms with Gasteiger partial charge in [-0.1, -0.05) is 37.1 Å². The van der Waals surface area contributed by atoms with E-state index < -0.39 is 0 Å². The van der Waals surface area contributed by atoms with Crippen molar-refractivity contribution in [3.05, 3.63) is 35.4 Å². The number of urea groups is 1. The molecule has 1 fully saturated rings. The first kappa shape index (κ1) is 19.2. The monoisotopic (exact) mass is 347 g/mol. The number of hydrogen-bond donors (Lipinski definition) is 2. The van der Waals surface area contributed by atoms with E-state index in [1.807, 2.05) is 29.2 Å². The molecule has 0 atom stereocenters. The molecule has 2 rings (SSSR count). The number of amides is 3. The van der Waals surface area contributed by atoms with Gasteiger partial charge in [-0.3, -0.25) is 4.79 Å². The minimum Gasteiger partial charge on any atom is -0.380 e. The Hall–Kier alpha value is -2.08. The van der Waals surface area contributed by atoms with E-state index >= 15 is 0 Å². The third-order valence-electron chi connectivity index (χ3n) is 4.34. The normalized spacial score (nSPS) is 14.7. The molecule has 0 radical (unpaired) electrons. The molecule has 3 amide bonds. The number of likely N-dealkylation sites (tertiary alicyclic amines) is 1. The molecule has 0 unspecified atom stereocenters. The van der Waals surface area contributed by atoms with Crippen LogP contribution in [0.15, 0.2) is 24.3 Å². The number of nitrogens with zero attached hydrogens (tertiary/aromatic N) is 1. The zero-order valence-electron chi connectivity index (χ0n) is 15.1. The Kier molecular flexibility index (Phi) is 8.25. The SMILES string of the molecule is COCc1cccc(CNC(=O)NCCC(=O)N2CCCCCC2)c1. The van der Waals surface area contributed by atoms with Crippen LogP contribution in [-0.2, 0) is 22.7 Å². The summed E-state index contributed by atoms with van der Waals surface area (Å²) in [5.74, 6) is 0.134. The van der Waals surface area contributed by atoms with Crippen molar-refractivity contribution in [1.82, 2.24) is 15.5 Å². The Morgan fingerprint density at radius 3 is 2.52 bits per heavy atom. The lowest BCUT2D eigenvalue weighted by molar-refractivity contribution is -0.131. The highest BCUT2D eigenvalue weighted by atomic mass is 16.5. The summed E-state index contributed by atoms with van der Waals surface area (Å²) in [4.78, 5) is 25.9. The van der Waals surface area contributed by atoms with Gasteiger partial charge < -0.3 is 20.3 Å². The molecular formula is C19H29N3O3. The second-order valence-corrected chi connectivity index (χ2v) is 6.41. The third kappa shape index (κ3) is 7.13. The van der Waals surface area contributed by atoms with Gasteiger partial charge in [0.1, 0.15) is 0 Å². The summed E-state index contributed by atoms with van der Waals surface area (Å²) < 4.78 is 5.11. The second-order valence-electron chi connectivity index (χ2n) is 6.41. The average molecular weight is 347 g/mol. The van der Waals surface area contributed by atoms with Gasteiger partial charge in [-0.2, -0.15) is 0 Å². The zero-order chi connectivity index (χ0) is 17.9. The summed E-state index contributed by atoms with van der Waals surface area (Å²) in [6.07, 6.45) is 4.94. The maximum absolute atomic E-state index is 12.2. The number of carbonyl (C=O) groups excluding carboxylic acids is 2. The first-order valence-corrected chi connectivity index (χ1v) is 9.05. The highest BCUT2D eigenvalue weighted by Gasteiger charge is 2.15. The fourth-order valence-electron chi connectivity index (χ4n) is 3.00. The van der Waals surface area contributed by atoms with E-state index in [1.165, 1.54) is 12.8 Å². The summed E-state index contributed by atoms with van der Waals surface area (Å²) in [5, 5.41) is 5.57. The largest absolute Gasteiger partial charge is 0.380 e. The first-order valence-electron chi connectivity index (χ1n) is 9.05. The minimum atomic E-state index is -0.249. The fraction of sp³-hybridized carbons (Fsp3) is 0.579. The van der Waals surface area contributed by atoms with Gasteiger partial charge in [0.05, 0.1) is 6.61 Å². The van der Waals surface area contributed by atoms with Crippen molar-refractivity contribution in [2.45, 2.75) is 45.3 Å². The van der Waals surface area contributed by atoms with Gasteiger partial charge in [0, 0.05) is 39.7 Å². The van der Waals surface area contributed by atoms with Crippen LogP contribution < -0.4 is 10.6 Å². The molecule has 138 valence electrons. The Labute approximate surface area is 149 Å². The van der Waals surface area contributed by atoms with E-state index in [9.17, 15) is 9.59 Å². The van der Waals surface area contributed by atoms with Crippen molar-refractivity contribution >= 4 is 11.9 Å². The number of hydrogen-bond acceptors (Lipinski definition) is 3. The Bertz CT molecular complexity index is 555. The smallest absolute Gasteiger partial charge is 0.315 e. The molecule has 1 aliphatic rings. The molecule has 0 saturated carbocycles. The predicted octanol–water partition coefficient (Wildman–Crippen LogP) is 2.42. The van der Waals surface area contributed by atoms with Crippen molar-refractivity contribution in [3.8, 4) is 0 Å². The van der Waals surface area contributed by atoms with Gasteiger partial charge in [-0.15, -0.1) is 0 Å². The number of carbonyl (C=O) groups is 2. The van der Waals surface area contributed by atoms with Crippen LogP contribution in [0, 0.1) is 0 Å². The maximum atomic E-state index is 12.2. The third-order valence-corrected chi connectivity index (χ3v) is 4.34. The summed E-state index contributed by atoms with van der Waals surface area (Å²) in [7, 11) is 1.66. The van der Waals surface area contributed by atoms with Crippen LogP contribution in [0.4, 0.5) is 4.79 Å². The van der Waals surface area contributed by atoms with Gasteiger partial charge in [0.2, 0.25) is 5.91 Å². The van der Waals surface area contributed by atoms with Crippen LogP contribution in [0.2, 0.25) is 0 Å².